The molecule has 0 aromatic rings. The van der Waals surface area contributed by atoms with Crippen molar-refractivity contribution in [2.75, 3.05) is 0 Å². The van der Waals surface area contributed by atoms with Gasteiger partial charge in [-0.1, -0.05) is 100 Å². The van der Waals surface area contributed by atoms with Crippen molar-refractivity contribution in [2.24, 2.45) is 4.99 Å². The number of carbonyl (C=O) groups excluding carboxylic acids is 1. The molecular formula is C25H26F2N2O. The molecule has 0 bridgehead atoms. The quantitative estimate of drug-likeness (QED) is 0.223. The van der Waals surface area contributed by atoms with Crippen LogP contribution in [-0.2, 0) is 4.79 Å². The zero-order valence-electron chi connectivity index (χ0n) is 16.9. The molecule has 0 heterocycles. The Kier molecular flexibility index (Phi) is 13.2. The number of carbonyl (C=O) groups is 1. The van der Waals surface area contributed by atoms with E-state index in [2.05, 4.69) is 49.8 Å². The van der Waals surface area contributed by atoms with Crippen LogP contribution in [0.2, 0.25) is 0 Å². The minimum Gasteiger partial charge on any atom is -0.321 e. The van der Waals surface area contributed by atoms with Crippen molar-refractivity contribution in [1.29, 1.82) is 0 Å². The number of nitrogens with zero attached hydrogens (tertiary/aromatic N) is 1. The third-order valence-corrected chi connectivity index (χ3v) is 3.38. The molecule has 0 fully saturated rings. The average molecular weight is 408 g/mol. The Labute approximate surface area is 177 Å². The minimum absolute atomic E-state index is 0.303. The Balaban J connectivity index is 6.47. The van der Waals surface area contributed by atoms with Crippen LogP contribution < -0.4 is 5.32 Å². The van der Waals surface area contributed by atoms with E-state index in [-0.39, 0.29) is 5.57 Å². The van der Waals surface area contributed by atoms with Crippen LogP contribution in [0.5, 0.6) is 0 Å². The van der Waals surface area contributed by atoms with Gasteiger partial charge in [0.1, 0.15) is 5.70 Å². The standard InChI is InChI=1S/C25H26F2N2O/c1-7-13-17-19(14-8-2)21(15-9-3)22(16-10-4)29-25(30)20(12-6)23(24(26)27)28-18-11-5/h7-18,24H,1-6H2,(H,29,30)/b17-13-,19-14+,21-15-,22-16+,23-20+,28-18-. The summed E-state index contributed by atoms with van der Waals surface area (Å²) in [6.07, 6.45) is 14.8. The highest BCUT2D eigenvalue weighted by molar-refractivity contribution is 5.99. The van der Waals surface area contributed by atoms with Crippen LogP contribution in [0.25, 0.3) is 0 Å². The summed E-state index contributed by atoms with van der Waals surface area (Å²) in [6, 6.07) is 0. The summed E-state index contributed by atoms with van der Waals surface area (Å²) < 4.78 is 26.8. The van der Waals surface area contributed by atoms with Gasteiger partial charge in [-0.15, -0.1) is 0 Å². The number of aliphatic imine (C=N–C) groups is 1. The highest BCUT2D eigenvalue weighted by Crippen LogP contribution is 2.22. The number of hydrogen-bond acceptors (Lipinski definition) is 2. The monoisotopic (exact) mass is 408 g/mol. The van der Waals surface area contributed by atoms with E-state index in [9.17, 15) is 13.6 Å². The van der Waals surface area contributed by atoms with E-state index in [4.69, 9.17) is 0 Å². The first-order chi connectivity index (χ1) is 14.4. The SMILES string of the molecule is C=C\C=C/C(=C\C=C)C(=C/C=C)/C(=C\C=C)NC(=O)/C(C=C)=C(/N=C\C=C)C(F)F. The van der Waals surface area contributed by atoms with E-state index in [1.807, 2.05) is 0 Å². The van der Waals surface area contributed by atoms with Crippen molar-refractivity contribution in [1.82, 2.24) is 5.32 Å². The second-order valence-electron chi connectivity index (χ2n) is 5.36. The molecule has 0 aromatic carbocycles. The van der Waals surface area contributed by atoms with Crippen LogP contribution in [-0.4, -0.2) is 18.5 Å². The molecule has 0 aliphatic heterocycles. The van der Waals surface area contributed by atoms with Gasteiger partial charge in [0, 0.05) is 17.5 Å². The van der Waals surface area contributed by atoms with E-state index < -0.39 is 18.0 Å². The number of halogens is 2. The summed E-state index contributed by atoms with van der Waals surface area (Å²) in [7, 11) is 0. The van der Waals surface area contributed by atoms with Crippen LogP contribution in [0, 0.1) is 0 Å². The number of alkyl halides is 2. The Morgan fingerprint density at radius 3 is 1.97 bits per heavy atom. The summed E-state index contributed by atoms with van der Waals surface area (Å²) in [5, 5.41) is 2.62. The zero-order chi connectivity index (χ0) is 22.9. The summed E-state index contributed by atoms with van der Waals surface area (Å²) in [4.78, 5) is 16.4. The fraction of sp³-hybridized carbons (Fsp3) is 0.0400. The van der Waals surface area contributed by atoms with Crippen LogP contribution >= 0.6 is 0 Å². The van der Waals surface area contributed by atoms with Crippen molar-refractivity contribution < 1.29 is 13.6 Å². The lowest BCUT2D eigenvalue weighted by Crippen LogP contribution is -2.26. The molecule has 1 N–H and O–H groups in total. The van der Waals surface area contributed by atoms with Gasteiger partial charge in [-0.25, -0.2) is 8.78 Å². The molecule has 0 aromatic heterocycles. The molecule has 0 rings (SSSR count). The molecular weight excluding hydrogens is 382 g/mol. The van der Waals surface area contributed by atoms with E-state index in [0.29, 0.717) is 16.8 Å². The lowest BCUT2D eigenvalue weighted by molar-refractivity contribution is -0.116. The van der Waals surface area contributed by atoms with Gasteiger partial charge >= 0.3 is 0 Å². The maximum atomic E-state index is 13.4. The second-order valence-corrected chi connectivity index (χ2v) is 5.36. The predicted molar refractivity (Wildman–Crippen MR) is 124 cm³/mol. The average Bonchev–Trinajstić information content (AvgIpc) is 2.72. The van der Waals surface area contributed by atoms with Crippen LogP contribution in [0.4, 0.5) is 8.78 Å². The fourth-order valence-electron chi connectivity index (χ4n) is 2.19. The summed E-state index contributed by atoms with van der Waals surface area (Å²) >= 11 is 0. The fourth-order valence-corrected chi connectivity index (χ4v) is 2.19. The molecule has 156 valence electrons. The van der Waals surface area contributed by atoms with Gasteiger partial charge in [-0.05, 0) is 11.6 Å². The van der Waals surface area contributed by atoms with Crippen molar-refractivity contribution in [3.05, 3.63) is 134 Å². The maximum absolute atomic E-state index is 13.4. The Morgan fingerprint density at radius 1 is 0.867 bits per heavy atom. The highest BCUT2D eigenvalue weighted by atomic mass is 19.3. The first-order valence-electron chi connectivity index (χ1n) is 8.80. The second kappa shape index (κ2) is 15.1. The summed E-state index contributed by atoms with van der Waals surface area (Å²) in [5.74, 6) is -0.810. The van der Waals surface area contributed by atoms with Gasteiger partial charge in [0.15, 0.2) is 0 Å². The zero-order valence-corrected chi connectivity index (χ0v) is 16.9. The van der Waals surface area contributed by atoms with E-state index in [1.165, 1.54) is 24.3 Å². The molecule has 1 amide bonds. The molecule has 0 saturated heterocycles. The van der Waals surface area contributed by atoms with Crippen LogP contribution in [0.1, 0.15) is 0 Å². The Hall–Kier alpha value is -3.86. The largest absolute Gasteiger partial charge is 0.321 e. The molecule has 30 heavy (non-hydrogen) atoms. The Morgan fingerprint density at radius 2 is 1.50 bits per heavy atom. The van der Waals surface area contributed by atoms with Crippen molar-refractivity contribution in [2.45, 2.75) is 6.43 Å². The predicted octanol–water partition coefficient (Wildman–Crippen LogP) is 6.10. The normalized spacial score (nSPS) is 13.8. The lowest BCUT2D eigenvalue weighted by Gasteiger charge is -2.16. The van der Waals surface area contributed by atoms with Crippen molar-refractivity contribution in [3.8, 4) is 0 Å². The third-order valence-electron chi connectivity index (χ3n) is 3.38. The molecule has 0 unspecified atom stereocenters. The third kappa shape index (κ3) is 8.44. The van der Waals surface area contributed by atoms with E-state index in [0.717, 1.165) is 12.3 Å². The van der Waals surface area contributed by atoms with Crippen LogP contribution in [0.15, 0.2) is 139 Å². The molecule has 3 nitrogen and oxygen atoms in total. The number of nitrogens with one attached hydrogen (secondary N) is 1. The first kappa shape index (κ1) is 26.1. The molecule has 0 aliphatic rings. The molecule has 0 atom stereocenters. The molecule has 0 aliphatic carbocycles. The molecule has 0 saturated carbocycles. The van der Waals surface area contributed by atoms with Gasteiger partial charge in [0.05, 0.1) is 5.57 Å². The van der Waals surface area contributed by atoms with Crippen molar-refractivity contribution in [3.63, 3.8) is 0 Å². The number of rotatable bonds is 13. The lowest BCUT2D eigenvalue weighted by atomic mass is 9.99. The number of allylic oxidation sites excluding steroid dienone is 12. The smallest absolute Gasteiger partial charge is 0.281 e. The summed E-state index contributed by atoms with van der Waals surface area (Å²) in [6.45, 7) is 21.5. The summed E-state index contributed by atoms with van der Waals surface area (Å²) in [5.41, 5.74) is 0.432. The van der Waals surface area contributed by atoms with Crippen LogP contribution in [0.3, 0.4) is 0 Å². The van der Waals surface area contributed by atoms with Gasteiger partial charge in [0.25, 0.3) is 12.3 Å². The van der Waals surface area contributed by atoms with Gasteiger partial charge in [-0.2, -0.15) is 0 Å². The van der Waals surface area contributed by atoms with Gasteiger partial charge < -0.3 is 5.32 Å². The maximum Gasteiger partial charge on any atom is 0.281 e. The Bertz CT molecular complexity index is 879. The molecule has 0 spiro atoms. The highest BCUT2D eigenvalue weighted by Gasteiger charge is 2.21. The van der Waals surface area contributed by atoms with E-state index in [1.54, 1.807) is 36.5 Å². The minimum atomic E-state index is -2.98. The van der Waals surface area contributed by atoms with Gasteiger partial charge in [0.2, 0.25) is 0 Å². The topological polar surface area (TPSA) is 41.5 Å². The van der Waals surface area contributed by atoms with Crippen molar-refractivity contribution >= 4 is 12.1 Å². The first-order valence-corrected chi connectivity index (χ1v) is 8.80. The molecule has 5 heteroatoms. The van der Waals surface area contributed by atoms with E-state index >= 15 is 0 Å². The molecule has 0 radical (unpaired) electrons. The number of hydrogen-bond donors (Lipinski definition) is 1. The number of amides is 1. The van der Waals surface area contributed by atoms with Gasteiger partial charge in [-0.3, -0.25) is 9.79 Å².